The Bertz CT molecular complexity index is 598. The Morgan fingerprint density at radius 2 is 2.12 bits per heavy atom. The standard InChI is InChI=1S/C10H6F2N2O2S/c1-5-4-13-10(17-5)8-6(11)2-3-7(9(8)12)14(15)16/h2-4H,1H3. The van der Waals surface area contributed by atoms with E-state index in [1.165, 1.54) is 6.20 Å². The second-order valence-corrected chi connectivity index (χ2v) is 4.52. The molecular weight excluding hydrogens is 250 g/mol. The summed E-state index contributed by atoms with van der Waals surface area (Å²) in [5.74, 6) is -2.05. The van der Waals surface area contributed by atoms with Crippen LogP contribution in [0.15, 0.2) is 18.3 Å². The molecule has 4 nitrogen and oxygen atoms in total. The number of thiazole rings is 1. The number of nitro benzene ring substituents is 1. The molecule has 0 N–H and O–H groups in total. The quantitative estimate of drug-likeness (QED) is 0.611. The van der Waals surface area contributed by atoms with Crippen LogP contribution in [-0.2, 0) is 0 Å². The van der Waals surface area contributed by atoms with E-state index in [9.17, 15) is 18.9 Å². The maximum absolute atomic E-state index is 13.8. The number of aryl methyl sites for hydroxylation is 1. The third-order valence-corrected chi connectivity index (χ3v) is 3.03. The average molecular weight is 256 g/mol. The first kappa shape index (κ1) is 11.6. The number of halogens is 2. The average Bonchev–Trinajstić information content (AvgIpc) is 2.64. The van der Waals surface area contributed by atoms with Gasteiger partial charge in [0.2, 0.25) is 5.82 Å². The lowest BCUT2D eigenvalue weighted by Crippen LogP contribution is -1.97. The fourth-order valence-electron chi connectivity index (χ4n) is 1.35. The van der Waals surface area contributed by atoms with Crippen molar-refractivity contribution in [1.29, 1.82) is 0 Å². The van der Waals surface area contributed by atoms with Gasteiger partial charge in [0.05, 0.1) is 10.5 Å². The molecule has 17 heavy (non-hydrogen) atoms. The lowest BCUT2D eigenvalue weighted by molar-refractivity contribution is -0.387. The molecule has 1 heterocycles. The van der Waals surface area contributed by atoms with Gasteiger partial charge in [-0.25, -0.2) is 9.37 Å². The second-order valence-electron chi connectivity index (χ2n) is 3.29. The van der Waals surface area contributed by atoms with Crippen molar-refractivity contribution in [1.82, 2.24) is 4.98 Å². The normalized spacial score (nSPS) is 10.5. The van der Waals surface area contributed by atoms with E-state index in [-0.39, 0.29) is 5.01 Å². The molecule has 1 aromatic heterocycles. The largest absolute Gasteiger partial charge is 0.305 e. The Labute approximate surface area is 98.7 Å². The van der Waals surface area contributed by atoms with E-state index in [1.807, 2.05) is 0 Å². The zero-order valence-corrected chi connectivity index (χ0v) is 9.42. The summed E-state index contributed by atoms with van der Waals surface area (Å²) in [7, 11) is 0. The highest BCUT2D eigenvalue weighted by atomic mass is 32.1. The second kappa shape index (κ2) is 4.17. The third kappa shape index (κ3) is 2.01. The van der Waals surface area contributed by atoms with E-state index in [2.05, 4.69) is 4.98 Å². The van der Waals surface area contributed by atoms with Gasteiger partial charge in [0.1, 0.15) is 10.8 Å². The van der Waals surface area contributed by atoms with Crippen LogP contribution in [0.5, 0.6) is 0 Å². The first-order valence-electron chi connectivity index (χ1n) is 4.56. The molecule has 0 amide bonds. The highest BCUT2D eigenvalue weighted by molar-refractivity contribution is 7.14. The van der Waals surface area contributed by atoms with E-state index in [1.54, 1.807) is 6.92 Å². The maximum atomic E-state index is 13.8. The van der Waals surface area contributed by atoms with Gasteiger partial charge in [-0.1, -0.05) is 0 Å². The lowest BCUT2D eigenvalue weighted by Gasteiger charge is -2.01. The highest BCUT2D eigenvalue weighted by Gasteiger charge is 2.24. The smallest absolute Gasteiger partial charge is 0.258 e. The van der Waals surface area contributed by atoms with Crippen LogP contribution in [0.25, 0.3) is 10.6 Å². The topological polar surface area (TPSA) is 56.0 Å². The minimum Gasteiger partial charge on any atom is -0.258 e. The summed E-state index contributed by atoms with van der Waals surface area (Å²) in [5.41, 5.74) is -1.20. The van der Waals surface area contributed by atoms with Crippen molar-refractivity contribution in [3.05, 3.63) is 45.0 Å². The van der Waals surface area contributed by atoms with Crippen molar-refractivity contribution in [2.24, 2.45) is 0 Å². The van der Waals surface area contributed by atoms with Crippen LogP contribution in [0.3, 0.4) is 0 Å². The maximum Gasteiger partial charge on any atom is 0.305 e. The predicted molar refractivity (Wildman–Crippen MR) is 58.9 cm³/mol. The fourth-order valence-corrected chi connectivity index (χ4v) is 2.15. The van der Waals surface area contributed by atoms with Crippen LogP contribution in [0.2, 0.25) is 0 Å². The van der Waals surface area contributed by atoms with Gasteiger partial charge in [0.15, 0.2) is 0 Å². The van der Waals surface area contributed by atoms with Crippen LogP contribution in [0, 0.1) is 28.7 Å². The van der Waals surface area contributed by atoms with Gasteiger partial charge >= 0.3 is 5.69 Å². The van der Waals surface area contributed by atoms with Crippen LogP contribution in [0.1, 0.15) is 4.88 Å². The molecule has 7 heteroatoms. The Morgan fingerprint density at radius 1 is 1.41 bits per heavy atom. The molecule has 0 spiro atoms. The van der Waals surface area contributed by atoms with E-state index >= 15 is 0 Å². The minimum absolute atomic E-state index is 0.0983. The Balaban J connectivity index is 2.68. The number of benzene rings is 1. The van der Waals surface area contributed by atoms with Crippen LogP contribution in [-0.4, -0.2) is 9.91 Å². The summed E-state index contributed by atoms with van der Waals surface area (Å²) in [6.45, 7) is 1.73. The molecule has 0 unspecified atom stereocenters. The minimum atomic E-state index is -1.19. The highest BCUT2D eigenvalue weighted by Crippen LogP contribution is 2.33. The molecule has 0 aliphatic heterocycles. The number of aromatic nitrogens is 1. The monoisotopic (exact) mass is 256 g/mol. The molecule has 2 aromatic rings. The van der Waals surface area contributed by atoms with E-state index in [4.69, 9.17) is 0 Å². The van der Waals surface area contributed by atoms with Crippen molar-refractivity contribution in [3.63, 3.8) is 0 Å². The van der Waals surface area contributed by atoms with Gasteiger partial charge in [0.25, 0.3) is 0 Å². The molecule has 88 valence electrons. The number of hydrogen-bond donors (Lipinski definition) is 0. The summed E-state index contributed by atoms with van der Waals surface area (Å²) in [6, 6.07) is 1.67. The molecule has 0 saturated carbocycles. The Hall–Kier alpha value is -1.89. The summed E-state index contributed by atoms with van der Waals surface area (Å²) in [4.78, 5) is 14.3. The molecule has 0 aliphatic rings. The zero-order chi connectivity index (χ0) is 12.6. The number of nitro groups is 1. The Morgan fingerprint density at radius 3 is 2.65 bits per heavy atom. The number of nitrogens with zero attached hydrogens (tertiary/aromatic N) is 2. The van der Waals surface area contributed by atoms with Gasteiger partial charge < -0.3 is 0 Å². The van der Waals surface area contributed by atoms with Gasteiger partial charge in [0, 0.05) is 17.1 Å². The van der Waals surface area contributed by atoms with Crippen LogP contribution in [0.4, 0.5) is 14.5 Å². The van der Waals surface area contributed by atoms with E-state index in [0.717, 1.165) is 28.3 Å². The summed E-state index contributed by atoms with van der Waals surface area (Å²) < 4.78 is 27.3. The predicted octanol–water partition coefficient (Wildman–Crippen LogP) is 3.30. The molecule has 0 atom stereocenters. The van der Waals surface area contributed by atoms with Crippen molar-refractivity contribution >= 4 is 17.0 Å². The van der Waals surface area contributed by atoms with Crippen LogP contribution >= 0.6 is 11.3 Å². The molecule has 0 fully saturated rings. The van der Waals surface area contributed by atoms with E-state index < -0.39 is 27.8 Å². The molecule has 0 saturated heterocycles. The van der Waals surface area contributed by atoms with Gasteiger partial charge in [-0.2, -0.15) is 4.39 Å². The lowest BCUT2D eigenvalue weighted by atomic mass is 10.2. The van der Waals surface area contributed by atoms with Gasteiger partial charge in [-0.05, 0) is 13.0 Å². The number of rotatable bonds is 2. The van der Waals surface area contributed by atoms with E-state index in [0.29, 0.717) is 0 Å². The van der Waals surface area contributed by atoms with Gasteiger partial charge in [-0.15, -0.1) is 11.3 Å². The van der Waals surface area contributed by atoms with Crippen molar-refractivity contribution in [3.8, 4) is 10.6 Å². The first-order valence-corrected chi connectivity index (χ1v) is 5.37. The molecule has 1 aromatic carbocycles. The molecule has 0 radical (unpaired) electrons. The summed E-state index contributed by atoms with van der Waals surface area (Å²) >= 11 is 1.08. The Kier molecular flexibility index (Phi) is 2.84. The zero-order valence-electron chi connectivity index (χ0n) is 8.61. The SMILES string of the molecule is Cc1cnc(-c2c(F)ccc([N+](=O)[O-])c2F)s1. The molecule has 2 rings (SSSR count). The molecular formula is C10H6F2N2O2S. The number of hydrogen-bond acceptors (Lipinski definition) is 4. The van der Waals surface area contributed by atoms with Crippen LogP contribution < -0.4 is 0 Å². The van der Waals surface area contributed by atoms with Crippen molar-refractivity contribution in [2.45, 2.75) is 6.92 Å². The molecule has 0 bridgehead atoms. The summed E-state index contributed by atoms with van der Waals surface area (Å²) in [5, 5.41) is 10.6. The third-order valence-electron chi connectivity index (χ3n) is 2.10. The van der Waals surface area contributed by atoms with Crippen molar-refractivity contribution < 1.29 is 13.7 Å². The molecule has 0 aliphatic carbocycles. The first-order chi connectivity index (χ1) is 8.00. The van der Waals surface area contributed by atoms with Gasteiger partial charge in [-0.3, -0.25) is 10.1 Å². The fraction of sp³-hybridized carbons (Fsp3) is 0.100. The van der Waals surface area contributed by atoms with Crippen molar-refractivity contribution in [2.75, 3.05) is 0 Å². The summed E-state index contributed by atoms with van der Waals surface area (Å²) in [6.07, 6.45) is 1.46.